The summed E-state index contributed by atoms with van der Waals surface area (Å²) in [6, 6.07) is 10.2. The van der Waals surface area contributed by atoms with Crippen LogP contribution in [-0.4, -0.2) is 92.6 Å². The number of anilines is 4. The molecule has 0 aromatic carbocycles. The highest BCUT2D eigenvalue weighted by molar-refractivity contribution is 6.06. The molecule has 1 atom stereocenters. The molecule has 4 aliphatic rings. The predicted molar refractivity (Wildman–Crippen MR) is 196 cm³/mol. The van der Waals surface area contributed by atoms with Crippen LogP contribution in [0.25, 0.3) is 11.3 Å². The maximum Gasteiger partial charge on any atom is 0.302 e. The van der Waals surface area contributed by atoms with E-state index in [4.69, 9.17) is 9.47 Å². The molecule has 4 aromatic rings. The Balaban J connectivity index is 1.07. The first-order valence-corrected chi connectivity index (χ1v) is 18.0. The highest BCUT2D eigenvalue weighted by Gasteiger charge is 2.38. The zero-order valence-electron chi connectivity index (χ0n) is 30.4. The highest BCUT2D eigenvalue weighted by atomic mass is 16.5. The van der Waals surface area contributed by atoms with E-state index in [1.54, 1.807) is 30.3 Å². The number of carbonyl (C=O) groups excluding carboxylic acids is 2. The van der Waals surface area contributed by atoms with Crippen LogP contribution in [0.2, 0.25) is 0 Å². The maximum absolute atomic E-state index is 14.0. The average molecular weight is 708 g/mol. The molecule has 0 saturated carbocycles. The van der Waals surface area contributed by atoms with Crippen molar-refractivity contribution in [3.05, 3.63) is 75.6 Å². The number of piperazine rings is 1. The van der Waals surface area contributed by atoms with Crippen molar-refractivity contribution in [3.8, 4) is 11.3 Å². The molecule has 0 spiro atoms. The van der Waals surface area contributed by atoms with Gasteiger partial charge in [0.15, 0.2) is 0 Å². The Morgan fingerprint density at radius 2 is 1.88 bits per heavy atom. The van der Waals surface area contributed by atoms with Gasteiger partial charge in [0.05, 0.1) is 36.8 Å². The summed E-state index contributed by atoms with van der Waals surface area (Å²) in [4.78, 5) is 55.3. The van der Waals surface area contributed by atoms with Gasteiger partial charge in [-0.3, -0.25) is 24.2 Å². The van der Waals surface area contributed by atoms with E-state index >= 15 is 0 Å². The van der Waals surface area contributed by atoms with Gasteiger partial charge in [-0.05, 0) is 61.1 Å². The first-order valence-electron chi connectivity index (χ1n) is 18.0. The minimum absolute atomic E-state index is 0.124. The SMILES string of the molecule is CC(=O)OCc1c(-c2cc(Nc3ccc(N4CCN(C5COC5)C[C@@H]4C)cn3)c(=O)n(C)n2)ccnc1N1CCn2c(cc3c2CC(C)(C)C3)C1=O. The zero-order valence-corrected chi connectivity index (χ0v) is 30.4. The van der Waals surface area contributed by atoms with Crippen LogP contribution in [0.5, 0.6) is 0 Å². The van der Waals surface area contributed by atoms with Crippen LogP contribution < -0.4 is 20.7 Å². The van der Waals surface area contributed by atoms with Crippen molar-refractivity contribution in [2.24, 2.45) is 12.5 Å². The number of pyridine rings is 2. The van der Waals surface area contributed by atoms with Crippen molar-refractivity contribution in [1.29, 1.82) is 0 Å². The standard InChI is InChI=1S/C38H45N9O5/c1-23-19-44(27-20-51-21-27)10-11-45(23)26-6-7-34(40-18-26)41-31-15-30(42-43(5)36(31)49)28-8-9-39-35(29(28)22-52-24(2)48)47-13-12-46-32(37(47)50)14-25-16-38(3,4)17-33(25)46/h6-9,14-15,18,23,27H,10-13,16-17,19-22H2,1-5H3,(H,40,41)/t23-/m0/s1. The number of aryl methyl sites for hydroxylation is 1. The van der Waals surface area contributed by atoms with Gasteiger partial charge >= 0.3 is 5.97 Å². The second kappa shape index (κ2) is 13.2. The van der Waals surface area contributed by atoms with Crippen LogP contribution in [0.4, 0.5) is 23.0 Å². The Bertz CT molecular complexity index is 2100. The number of nitrogens with one attached hydrogen (secondary N) is 1. The molecule has 4 aromatic heterocycles. The van der Waals surface area contributed by atoms with Crippen molar-refractivity contribution in [3.63, 3.8) is 0 Å². The van der Waals surface area contributed by atoms with Crippen molar-refractivity contribution < 1.29 is 19.1 Å². The van der Waals surface area contributed by atoms with E-state index < -0.39 is 5.97 Å². The molecular formula is C38H45N9O5. The van der Waals surface area contributed by atoms with Gasteiger partial charge in [-0.25, -0.2) is 14.6 Å². The Labute approximate surface area is 302 Å². The molecule has 0 bridgehead atoms. The minimum Gasteiger partial charge on any atom is -0.461 e. The Morgan fingerprint density at radius 1 is 1.06 bits per heavy atom. The molecule has 2 fully saturated rings. The third-order valence-electron chi connectivity index (χ3n) is 10.8. The Morgan fingerprint density at radius 3 is 2.60 bits per heavy atom. The summed E-state index contributed by atoms with van der Waals surface area (Å²) >= 11 is 0. The molecule has 2 saturated heterocycles. The number of hydrogen-bond donors (Lipinski definition) is 1. The minimum atomic E-state index is -0.465. The molecular weight excluding hydrogens is 662 g/mol. The van der Waals surface area contributed by atoms with Gasteiger partial charge in [0.2, 0.25) is 0 Å². The van der Waals surface area contributed by atoms with Gasteiger partial charge in [-0.2, -0.15) is 5.10 Å². The lowest BCUT2D eigenvalue weighted by atomic mass is 9.90. The predicted octanol–water partition coefficient (Wildman–Crippen LogP) is 3.54. The van der Waals surface area contributed by atoms with E-state index in [2.05, 4.69) is 55.5 Å². The summed E-state index contributed by atoms with van der Waals surface area (Å²) in [5.74, 6) is 0.300. The maximum atomic E-state index is 14.0. The first kappa shape index (κ1) is 34.0. The van der Waals surface area contributed by atoms with Crippen LogP contribution in [-0.2, 0) is 47.3 Å². The molecule has 0 radical (unpaired) electrons. The number of ether oxygens (including phenoxy) is 2. The number of carbonyl (C=O) groups is 2. The van der Waals surface area contributed by atoms with Crippen molar-refractivity contribution in [2.45, 2.75) is 65.8 Å². The third-order valence-corrected chi connectivity index (χ3v) is 10.8. The molecule has 14 nitrogen and oxygen atoms in total. The highest BCUT2D eigenvalue weighted by Crippen LogP contribution is 2.40. The van der Waals surface area contributed by atoms with Crippen LogP contribution in [0, 0.1) is 5.41 Å². The van der Waals surface area contributed by atoms with Gasteiger partial charge in [0, 0.05) is 75.8 Å². The van der Waals surface area contributed by atoms with Gasteiger partial charge in [0.25, 0.3) is 11.5 Å². The lowest BCUT2D eigenvalue weighted by Crippen LogP contribution is -2.59. The Hall–Kier alpha value is -5.08. The van der Waals surface area contributed by atoms with E-state index in [1.165, 1.54) is 22.9 Å². The molecule has 1 aliphatic carbocycles. The van der Waals surface area contributed by atoms with Gasteiger partial charge in [-0.1, -0.05) is 13.8 Å². The second-order valence-electron chi connectivity index (χ2n) is 15.2. The fraction of sp³-hybridized carbons (Fsp3) is 0.474. The van der Waals surface area contributed by atoms with E-state index in [-0.39, 0.29) is 29.2 Å². The first-order chi connectivity index (χ1) is 25.0. The number of hydrogen-bond acceptors (Lipinski definition) is 11. The molecule has 0 unspecified atom stereocenters. The van der Waals surface area contributed by atoms with Gasteiger partial charge in [0.1, 0.15) is 29.6 Å². The summed E-state index contributed by atoms with van der Waals surface area (Å²) in [6.07, 6.45) is 5.32. The normalized spacial score (nSPS) is 20.0. The lowest BCUT2D eigenvalue weighted by Gasteiger charge is -2.46. The molecule has 7 heterocycles. The van der Waals surface area contributed by atoms with E-state index in [0.29, 0.717) is 59.3 Å². The average Bonchev–Trinajstić information content (AvgIpc) is 3.57. The molecule has 1 N–H and O–H groups in total. The van der Waals surface area contributed by atoms with Crippen LogP contribution in [0.3, 0.4) is 0 Å². The molecule has 8 rings (SSSR count). The fourth-order valence-corrected chi connectivity index (χ4v) is 8.12. The summed E-state index contributed by atoms with van der Waals surface area (Å²) in [7, 11) is 1.58. The number of aromatic nitrogens is 5. The summed E-state index contributed by atoms with van der Waals surface area (Å²) in [5.41, 5.74) is 5.81. The summed E-state index contributed by atoms with van der Waals surface area (Å²) < 4.78 is 14.3. The van der Waals surface area contributed by atoms with E-state index in [1.807, 2.05) is 24.4 Å². The molecule has 272 valence electrons. The van der Waals surface area contributed by atoms with Crippen LogP contribution in [0.15, 0.2) is 47.5 Å². The topological polar surface area (TPSA) is 140 Å². The number of fused-ring (bicyclic) bond motifs is 3. The molecule has 14 heteroatoms. The quantitative estimate of drug-likeness (QED) is 0.269. The third kappa shape index (κ3) is 6.23. The van der Waals surface area contributed by atoms with E-state index in [9.17, 15) is 14.4 Å². The smallest absolute Gasteiger partial charge is 0.302 e. The van der Waals surface area contributed by atoms with Crippen molar-refractivity contribution in [1.82, 2.24) is 29.2 Å². The number of rotatable bonds is 8. The molecule has 3 aliphatic heterocycles. The van der Waals surface area contributed by atoms with E-state index in [0.717, 1.165) is 51.4 Å². The molecule has 1 amide bonds. The monoisotopic (exact) mass is 707 g/mol. The second-order valence-corrected chi connectivity index (χ2v) is 15.2. The van der Waals surface area contributed by atoms with Gasteiger partial charge in [-0.15, -0.1) is 0 Å². The fourth-order valence-electron chi connectivity index (χ4n) is 8.12. The molecule has 52 heavy (non-hydrogen) atoms. The van der Waals surface area contributed by atoms with Gasteiger partial charge < -0.3 is 24.3 Å². The number of nitrogens with zero attached hydrogens (tertiary/aromatic N) is 8. The largest absolute Gasteiger partial charge is 0.461 e. The number of esters is 1. The summed E-state index contributed by atoms with van der Waals surface area (Å²) in [6.45, 7) is 13.5. The van der Waals surface area contributed by atoms with Crippen molar-refractivity contribution >= 4 is 34.9 Å². The Kier molecular flexibility index (Phi) is 8.61. The van der Waals surface area contributed by atoms with Crippen LogP contribution >= 0.6 is 0 Å². The summed E-state index contributed by atoms with van der Waals surface area (Å²) in [5, 5.41) is 7.78. The van der Waals surface area contributed by atoms with Crippen molar-refractivity contribution in [2.75, 3.05) is 54.5 Å². The van der Waals surface area contributed by atoms with Crippen LogP contribution in [0.1, 0.15) is 55.0 Å². The number of amides is 1. The zero-order chi connectivity index (χ0) is 36.3. The lowest BCUT2D eigenvalue weighted by molar-refractivity contribution is -0.142.